The molecule has 1 aromatic heterocycles. The van der Waals surface area contributed by atoms with Crippen molar-refractivity contribution in [3.8, 4) is 0 Å². The molecule has 0 radical (unpaired) electrons. The smallest absolute Gasteiger partial charge is 0.0524 e. The molecule has 1 fully saturated rings. The molecule has 1 saturated carbocycles. The first-order valence-electron chi connectivity index (χ1n) is 7.59. The van der Waals surface area contributed by atoms with Gasteiger partial charge in [-0.2, -0.15) is 5.10 Å². The van der Waals surface area contributed by atoms with Crippen molar-refractivity contribution in [3.63, 3.8) is 0 Å². The van der Waals surface area contributed by atoms with E-state index < -0.39 is 0 Å². The summed E-state index contributed by atoms with van der Waals surface area (Å²) in [6.45, 7) is 10.2. The number of hydrogen-bond donors (Lipinski definition) is 1. The van der Waals surface area contributed by atoms with Crippen LogP contribution in [0.5, 0.6) is 0 Å². The lowest BCUT2D eigenvalue weighted by molar-refractivity contribution is 0.227. The Hall–Kier alpha value is -0.830. The fourth-order valence-corrected chi connectivity index (χ4v) is 3.17. The van der Waals surface area contributed by atoms with Crippen LogP contribution in [0.25, 0.3) is 0 Å². The maximum atomic E-state index is 4.36. The molecule has 2 rings (SSSR count). The van der Waals surface area contributed by atoms with E-state index in [1.165, 1.54) is 24.8 Å². The summed E-state index contributed by atoms with van der Waals surface area (Å²) in [4.78, 5) is 0. The molecule has 1 aliphatic carbocycles. The molecule has 0 bridgehead atoms. The lowest BCUT2D eigenvalue weighted by Crippen LogP contribution is -2.41. The third-order valence-electron chi connectivity index (χ3n) is 4.30. The van der Waals surface area contributed by atoms with Crippen LogP contribution >= 0.6 is 0 Å². The average Bonchev–Trinajstić information content (AvgIpc) is 2.73. The van der Waals surface area contributed by atoms with Crippen molar-refractivity contribution in [1.82, 2.24) is 15.1 Å². The number of aryl methyl sites for hydroxylation is 1. The zero-order chi connectivity index (χ0) is 14.0. The number of aromatic nitrogens is 2. The molecule has 1 heterocycles. The van der Waals surface area contributed by atoms with E-state index in [2.05, 4.69) is 50.5 Å². The summed E-state index contributed by atoms with van der Waals surface area (Å²) in [5.41, 5.74) is 1.64. The molecule has 0 spiro atoms. The van der Waals surface area contributed by atoms with Crippen molar-refractivity contribution in [3.05, 3.63) is 18.0 Å². The van der Waals surface area contributed by atoms with Gasteiger partial charge in [-0.25, -0.2) is 0 Å². The highest BCUT2D eigenvalue weighted by molar-refractivity contribution is 5.14. The second-order valence-electron chi connectivity index (χ2n) is 7.36. The van der Waals surface area contributed by atoms with E-state index in [-0.39, 0.29) is 5.54 Å². The molecule has 108 valence electrons. The molecule has 0 amide bonds. The van der Waals surface area contributed by atoms with E-state index >= 15 is 0 Å². The van der Waals surface area contributed by atoms with Crippen molar-refractivity contribution < 1.29 is 0 Å². The van der Waals surface area contributed by atoms with Gasteiger partial charge >= 0.3 is 0 Å². The predicted octanol–water partition coefficient (Wildman–Crippen LogP) is 3.33. The van der Waals surface area contributed by atoms with Gasteiger partial charge in [0.15, 0.2) is 0 Å². The fraction of sp³-hybridized carbons (Fsp3) is 0.812. The van der Waals surface area contributed by atoms with Gasteiger partial charge in [0.2, 0.25) is 0 Å². The Morgan fingerprint density at radius 1 is 1.37 bits per heavy atom. The highest BCUT2D eigenvalue weighted by atomic mass is 15.2. The van der Waals surface area contributed by atoms with Crippen LogP contribution in [-0.4, -0.2) is 21.9 Å². The fourth-order valence-electron chi connectivity index (χ4n) is 3.17. The van der Waals surface area contributed by atoms with E-state index in [0.717, 1.165) is 18.4 Å². The Bertz CT molecular complexity index is 402. The molecular weight excluding hydrogens is 234 g/mol. The maximum Gasteiger partial charge on any atom is 0.0524 e. The Morgan fingerprint density at radius 3 is 2.68 bits per heavy atom. The zero-order valence-corrected chi connectivity index (χ0v) is 13.1. The third-order valence-corrected chi connectivity index (χ3v) is 4.30. The highest BCUT2D eigenvalue weighted by Gasteiger charge is 2.31. The second kappa shape index (κ2) is 5.66. The van der Waals surface area contributed by atoms with Crippen LogP contribution in [0.15, 0.2) is 12.4 Å². The monoisotopic (exact) mass is 263 g/mol. The normalized spacial score (nSPS) is 28.6. The first-order chi connectivity index (χ1) is 8.85. The van der Waals surface area contributed by atoms with Crippen LogP contribution in [-0.2, 0) is 7.05 Å². The molecule has 0 aliphatic heterocycles. The topological polar surface area (TPSA) is 29.9 Å². The van der Waals surface area contributed by atoms with E-state index in [4.69, 9.17) is 0 Å². The molecule has 19 heavy (non-hydrogen) atoms. The van der Waals surface area contributed by atoms with Gasteiger partial charge in [-0.1, -0.05) is 13.3 Å². The molecule has 1 aromatic rings. The lowest BCUT2D eigenvalue weighted by Gasteiger charge is -2.36. The molecule has 1 N–H and O–H groups in total. The molecule has 3 nitrogen and oxygen atoms in total. The highest BCUT2D eigenvalue weighted by Crippen LogP contribution is 2.40. The van der Waals surface area contributed by atoms with Gasteiger partial charge in [0.1, 0.15) is 0 Å². The first-order valence-corrected chi connectivity index (χ1v) is 7.59. The van der Waals surface area contributed by atoms with Crippen molar-refractivity contribution in [1.29, 1.82) is 0 Å². The van der Waals surface area contributed by atoms with Crippen molar-refractivity contribution >= 4 is 0 Å². The SMILES string of the molecule is CC1CCC(CNC(C)(C)C)C(c2cnn(C)c2)C1. The van der Waals surface area contributed by atoms with Crippen LogP contribution in [0.4, 0.5) is 0 Å². The summed E-state index contributed by atoms with van der Waals surface area (Å²) in [7, 11) is 2.01. The zero-order valence-electron chi connectivity index (χ0n) is 13.1. The summed E-state index contributed by atoms with van der Waals surface area (Å²) in [5.74, 6) is 2.27. The summed E-state index contributed by atoms with van der Waals surface area (Å²) in [6, 6.07) is 0. The average molecular weight is 263 g/mol. The lowest BCUT2D eigenvalue weighted by atomic mass is 9.72. The maximum absolute atomic E-state index is 4.36. The molecule has 3 atom stereocenters. The van der Waals surface area contributed by atoms with Gasteiger partial charge in [-0.3, -0.25) is 4.68 Å². The Labute approximate surface area is 117 Å². The second-order valence-corrected chi connectivity index (χ2v) is 7.36. The van der Waals surface area contributed by atoms with E-state index in [0.29, 0.717) is 5.92 Å². The van der Waals surface area contributed by atoms with Gasteiger partial charge in [-0.15, -0.1) is 0 Å². The van der Waals surface area contributed by atoms with E-state index in [9.17, 15) is 0 Å². The van der Waals surface area contributed by atoms with Gasteiger partial charge in [-0.05, 0) is 63.5 Å². The summed E-state index contributed by atoms with van der Waals surface area (Å²) < 4.78 is 1.93. The van der Waals surface area contributed by atoms with Crippen molar-refractivity contribution in [2.24, 2.45) is 18.9 Å². The largest absolute Gasteiger partial charge is 0.312 e. The summed E-state index contributed by atoms with van der Waals surface area (Å²) in [6.07, 6.45) is 8.28. The van der Waals surface area contributed by atoms with Crippen LogP contribution in [0.1, 0.15) is 58.4 Å². The van der Waals surface area contributed by atoms with Gasteiger partial charge in [0, 0.05) is 18.8 Å². The number of nitrogens with zero attached hydrogens (tertiary/aromatic N) is 2. The molecule has 3 heteroatoms. The Morgan fingerprint density at radius 2 is 2.11 bits per heavy atom. The first kappa shape index (κ1) is 14.6. The third kappa shape index (κ3) is 4.07. The standard InChI is InChI=1S/C16H29N3/c1-12-6-7-13(9-17-16(2,3)4)15(8-12)14-10-18-19(5)11-14/h10-13,15,17H,6-9H2,1-5H3. The summed E-state index contributed by atoms with van der Waals surface area (Å²) in [5, 5.41) is 8.04. The predicted molar refractivity (Wildman–Crippen MR) is 80.2 cm³/mol. The molecule has 1 aliphatic rings. The van der Waals surface area contributed by atoms with E-state index in [1.54, 1.807) is 0 Å². The van der Waals surface area contributed by atoms with Crippen molar-refractivity contribution in [2.45, 2.75) is 58.4 Å². The Balaban J connectivity index is 2.06. The molecule has 3 unspecified atom stereocenters. The minimum absolute atomic E-state index is 0.211. The van der Waals surface area contributed by atoms with Crippen LogP contribution in [0.3, 0.4) is 0 Å². The number of rotatable bonds is 3. The van der Waals surface area contributed by atoms with E-state index in [1.807, 2.05) is 11.7 Å². The summed E-state index contributed by atoms with van der Waals surface area (Å²) >= 11 is 0. The van der Waals surface area contributed by atoms with Gasteiger partial charge < -0.3 is 5.32 Å². The molecule has 0 aromatic carbocycles. The minimum atomic E-state index is 0.211. The van der Waals surface area contributed by atoms with Crippen LogP contribution < -0.4 is 5.32 Å². The van der Waals surface area contributed by atoms with Gasteiger partial charge in [0.25, 0.3) is 0 Å². The van der Waals surface area contributed by atoms with Crippen LogP contribution in [0.2, 0.25) is 0 Å². The molecule has 0 saturated heterocycles. The number of hydrogen-bond acceptors (Lipinski definition) is 2. The van der Waals surface area contributed by atoms with Crippen LogP contribution in [0, 0.1) is 11.8 Å². The Kier molecular flexibility index (Phi) is 4.34. The minimum Gasteiger partial charge on any atom is -0.312 e. The van der Waals surface area contributed by atoms with Gasteiger partial charge in [0.05, 0.1) is 6.20 Å². The molecular formula is C16H29N3. The number of nitrogens with one attached hydrogen (secondary N) is 1. The quantitative estimate of drug-likeness (QED) is 0.906. The van der Waals surface area contributed by atoms with Crippen molar-refractivity contribution in [2.75, 3.05) is 6.54 Å².